The number of nitrogens with two attached hydrogens (primary N) is 1. The Bertz CT molecular complexity index is 594. The van der Waals surface area contributed by atoms with Gasteiger partial charge in [-0.1, -0.05) is 12.1 Å². The van der Waals surface area contributed by atoms with E-state index in [1.807, 2.05) is 29.8 Å². The van der Waals surface area contributed by atoms with Crippen LogP contribution in [0.1, 0.15) is 24.9 Å². The third kappa shape index (κ3) is 1.98. The quantitative estimate of drug-likeness (QED) is 0.828. The molecule has 2 N–H and O–H groups in total. The highest BCUT2D eigenvalue weighted by atomic mass is 16.5. The van der Waals surface area contributed by atoms with Crippen LogP contribution in [0.5, 0.6) is 0 Å². The summed E-state index contributed by atoms with van der Waals surface area (Å²) >= 11 is 0. The summed E-state index contributed by atoms with van der Waals surface area (Å²) in [5.41, 5.74) is 8.69. The topological polar surface area (TPSA) is 78.9 Å². The van der Waals surface area contributed by atoms with Crippen molar-refractivity contribution >= 4 is 5.69 Å². The SMILES string of the molecule is Cc1c(N)cccc1-c1nnnn1C1CCOC1C. The van der Waals surface area contributed by atoms with Crippen LogP contribution in [0.25, 0.3) is 11.4 Å². The van der Waals surface area contributed by atoms with E-state index in [-0.39, 0.29) is 12.1 Å². The number of rotatable bonds is 2. The summed E-state index contributed by atoms with van der Waals surface area (Å²) in [7, 11) is 0. The maximum absolute atomic E-state index is 5.96. The lowest BCUT2D eigenvalue weighted by molar-refractivity contribution is 0.105. The Hall–Kier alpha value is -1.95. The summed E-state index contributed by atoms with van der Waals surface area (Å²) in [6, 6.07) is 5.99. The highest BCUT2D eigenvalue weighted by Crippen LogP contribution is 2.31. The van der Waals surface area contributed by atoms with Gasteiger partial charge < -0.3 is 10.5 Å². The molecule has 1 aromatic carbocycles. The number of aromatic nitrogens is 4. The molecule has 0 bridgehead atoms. The predicted octanol–water partition coefficient (Wildman–Crippen LogP) is 1.58. The lowest BCUT2D eigenvalue weighted by atomic mass is 10.1. The molecule has 19 heavy (non-hydrogen) atoms. The van der Waals surface area contributed by atoms with Crippen LogP contribution < -0.4 is 5.73 Å². The maximum Gasteiger partial charge on any atom is 0.182 e. The third-order valence-electron chi connectivity index (χ3n) is 3.76. The first kappa shape index (κ1) is 12.1. The molecule has 1 saturated heterocycles. The summed E-state index contributed by atoms with van der Waals surface area (Å²) in [6.07, 6.45) is 1.06. The van der Waals surface area contributed by atoms with E-state index in [2.05, 4.69) is 22.4 Å². The molecular weight excluding hydrogens is 242 g/mol. The lowest BCUT2D eigenvalue weighted by Crippen LogP contribution is -2.19. The highest BCUT2D eigenvalue weighted by Gasteiger charge is 2.29. The Kier molecular flexibility index (Phi) is 2.94. The molecule has 0 radical (unpaired) electrons. The van der Waals surface area contributed by atoms with Crippen LogP contribution in [0.4, 0.5) is 5.69 Å². The predicted molar refractivity (Wildman–Crippen MR) is 71.5 cm³/mol. The molecule has 1 aliphatic heterocycles. The average Bonchev–Trinajstić information content (AvgIpc) is 3.01. The summed E-state index contributed by atoms with van der Waals surface area (Å²) in [4.78, 5) is 0. The Balaban J connectivity index is 2.07. The molecule has 1 fully saturated rings. The maximum atomic E-state index is 5.96. The molecule has 6 heteroatoms. The lowest BCUT2D eigenvalue weighted by Gasteiger charge is -2.16. The van der Waals surface area contributed by atoms with Gasteiger partial charge in [0.25, 0.3) is 0 Å². The van der Waals surface area contributed by atoms with E-state index in [0.29, 0.717) is 0 Å². The number of nitrogens with zero attached hydrogens (tertiary/aromatic N) is 4. The van der Waals surface area contributed by atoms with Gasteiger partial charge in [0.15, 0.2) is 5.82 Å². The molecule has 2 heterocycles. The summed E-state index contributed by atoms with van der Waals surface area (Å²) in [5, 5.41) is 12.1. The van der Waals surface area contributed by atoms with E-state index in [4.69, 9.17) is 10.5 Å². The zero-order chi connectivity index (χ0) is 13.4. The fourth-order valence-electron chi connectivity index (χ4n) is 2.53. The standard InChI is InChI=1S/C13H17N5O/c1-8-10(4-3-5-11(8)14)13-15-16-17-18(13)12-6-7-19-9(12)2/h3-5,9,12H,6-7,14H2,1-2H3. The molecule has 0 spiro atoms. The van der Waals surface area contributed by atoms with E-state index >= 15 is 0 Å². The van der Waals surface area contributed by atoms with Gasteiger partial charge in [0.1, 0.15) is 0 Å². The summed E-state index contributed by atoms with van der Waals surface area (Å²) in [5.74, 6) is 0.757. The van der Waals surface area contributed by atoms with Crippen molar-refractivity contribution in [1.29, 1.82) is 0 Å². The van der Waals surface area contributed by atoms with Gasteiger partial charge in [0.2, 0.25) is 0 Å². The van der Waals surface area contributed by atoms with Crippen LogP contribution in [0.2, 0.25) is 0 Å². The fraction of sp³-hybridized carbons (Fsp3) is 0.462. The number of nitrogen functional groups attached to an aromatic ring is 1. The van der Waals surface area contributed by atoms with Crippen molar-refractivity contribution in [3.63, 3.8) is 0 Å². The van der Waals surface area contributed by atoms with Crippen molar-refractivity contribution in [1.82, 2.24) is 20.2 Å². The van der Waals surface area contributed by atoms with Gasteiger partial charge in [-0.3, -0.25) is 0 Å². The van der Waals surface area contributed by atoms with Crippen molar-refractivity contribution in [3.8, 4) is 11.4 Å². The largest absolute Gasteiger partial charge is 0.398 e. The molecule has 2 unspecified atom stereocenters. The molecule has 100 valence electrons. The second kappa shape index (κ2) is 4.62. The van der Waals surface area contributed by atoms with Crippen LogP contribution in [0, 0.1) is 6.92 Å². The van der Waals surface area contributed by atoms with Crippen molar-refractivity contribution in [2.24, 2.45) is 0 Å². The number of hydrogen-bond donors (Lipinski definition) is 1. The van der Waals surface area contributed by atoms with Crippen LogP contribution in [-0.4, -0.2) is 32.9 Å². The van der Waals surface area contributed by atoms with E-state index < -0.39 is 0 Å². The molecule has 2 atom stereocenters. The molecule has 6 nitrogen and oxygen atoms in total. The first-order chi connectivity index (χ1) is 9.18. The molecule has 2 aromatic rings. The number of anilines is 1. The molecule has 0 saturated carbocycles. The summed E-state index contributed by atoms with van der Waals surface area (Å²) < 4.78 is 7.45. The Labute approximate surface area is 111 Å². The Morgan fingerprint density at radius 2 is 2.26 bits per heavy atom. The minimum absolute atomic E-state index is 0.128. The van der Waals surface area contributed by atoms with Crippen molar-refractivity contribution in [3.05, 3.63) is 23.8 Å². The highest BCUT2D eigenvalue weighted by molar-refractivity contribution is 5.67. The van der Waals surface area contributed by atoms with Crippen molar-refractivity contribution in [2.75, 3.05) is 12.3 Å². The number of ether oxygens (including phenoxy) is 1. The van der Waals surface area contributed by atoms with Gasteiger partial charge in [-0.2, -0.15) is 0 Å². The minimum atomic E-state index is 0.128. The smallest absolute Gasteiger partial charge is 0.182 e. The zero-order valence-corrected chi connectivity index (χ0v) is 11.1. The Morgan fingerprint density at radius 1 is 1.42 bits per heavy atom. The molecular formula is C13H17N5O. The van der Waals surface area contributed by atoms with Crippen molar-refractivity contribution in [2.45, 2.75) is 32.4 Å². The number of benzene rings is 1. The molecule has 0 aliphatic carbocycles. The second-order valence-corrected chi connectivity index (χ2v) is 4.90. The van der Waals surface area contributed by atoms with E-state index in [9.17, 15) is 0 Å². The first-order valence-corrected chi connectivity index (χ1v) is 6.43. The van der Waals surface area contributed by atoms with Crippen LogP contribution in [0.15, 0.2) is 18.2 Å². The molecule has 1 aliphatic rings. The normalized spacial score (nSPS) is 22.8. The number of hydrogen-bond acceptors (Lipinski definition) is 5. The Morgan fingerprint density at radius 3 is 3.00 bits per heavy atom. The minimum Gasteiger partial charge on any atom is -0.398 e. The van der Waals surface area contributed by atoms with Gasteiger partial charge >= 0.3 is 0 Å². The van der Waals surface area contributed by atoms with Gasteiger partial charge in [0, 0.05) is 17.9 Å². The number of tetrazole rings is 1. The van der Waals surface area contributed by atoms with Crippen LogP contribution in [0.3, 0.4) is 0 Å². The van der Waals surface area contributed by atoms with E-state index in [1.54, 1.807) is 0 Å². The van der Waals surface area contributed by atoms with Crippen molar-refractivity contribution < 1.29 is 4.74 Å². The second-order valence-electron chi connectivity index (χ2n) is 4.90. The monoisotopic (exact) mass is 259 g/mol. The molecule has 3 rings (SSSR count). The van der Waals surface area contributed by atoms with Crippen LogP contribution in [-0.2, 0) is 4.74 Å². The van der Waals surface area contributed by atoms with Gasteiger partial charge in [-0.05, 0) is 42.3 Å². The molecule has 1 aromatic heterocycles. The van der Waals surface area contributed by atoms with E-state index in [0.717, 1.165) is 35.7 Å². The third-order valence-corrected chi connectivity index (χ3v) is 3.76. The van der Waals surface area contributed by atoms with Crippen LogP contribution >= 0.6 is 0 Å². The first-order valence-electron chi connectivity index (χ1n) is 6.43. The zero-order valence-electron chi connectivity index (χ0n) is 11.1. The van der Waals surface area contributed by atoms with Gasteiger partial charge in [-0.15, -0.1) is 5.10 Å². The van der Waals surface area contributed by atoms with Gasteiger partial charge in [-0.25, -0.2) is 4.68 Å². The van der Waals surface area contributed by atoms with E-state index in [1.165, 1.54) is 0 Å². The van der Waals surface area contributed by atoms with Gasteiger partial charge in [0.05, 0.1) is 12.1 Å². The summed E-state index contributed by atoms with van der Waals surface area (Å²) in [6.45, 7) is 4.79. The average molecular weight is 259 g/mol. The fourth-order valence-corrected chi connectivity index (χ4v) is 2.53. The molecule has 0 amide bonds.